The van der Waals surface area contributed by atoms with Crippen LogP contribution < -0.4 is 20.1 Å². The van der Waals surface area contributed by atoms with E-state index in [2.05, 4.69) is 34.4 Å². The molecule has 0 aliphatic carbocycles. The summed E-state index contributed by atoms with van der Waals surface area (Å²) in [5.74, 6) is 2.30. The third-order valence-electron chi connectivity index (χ3n) is 5.15. The molecule has 1 amide bonds. The zero-order valence-corrected chi connectivity index (χ0v) is 19.0. The standard InChI is InChI=1S/C25H30N4O3/c1-5-6-17(2)15-26-24(30)12-9-18-7-10-19(11-8-18)29-25-20-13-22(31-3)23(32-4)14-21(20)27-16-28-25/h7-14,16-17H,5-6,15H2,1-4H3,(H,26,30)(H,27,28,29)/b12-9+. The van der Waals surface area contributed by atoms with Gasteiger partial charge in [-0.3, -0.25) is 4.79 Å². The summed E-state index contributed by atoms with van der Waals surface area (Å²) in [5, 5.41) is 7.09. The average molecular weight is 435 g/mol. The molecule has 0 saturated heterocycles. The van der Waals surface area contributed by atoms with Gasteiger partial charge >= 0.3 is 0 Å². The molecule has 0 bridgehead atoms. The quantitative estimate of drug-likeness (QED) is 0.439. The van der Waals surface area contributed by atoms with Crippen molar-refractivity contribution in [1.29, 1.82) is 0 Å². The van der Waals surface area contributed by atoms with Crippen LogP contribution in [0.15, 0.2) is 48.8 Å². The monoisotopic (exact) mass is 434 g/mol. The van der Waals surface area contributed by atoms with Crippen LogP contribution in [-0.2, 0) is 4.79 Å². The summed E-state index contributed by atoms with van der Waals surface area (Å²) in [4.78, 5) is 20.7. The first kappa shape index (κ1) is 23.1. The van der Waals surface area contributed by atoms with Gasteiger partial charge in [0.1, 0.15) is 12.1 Å². The van der Waals surface area contributed by atoms with Gasteiger partial charge in [0.2, 0.25) is 5.91 Å². The second-order valence-electron chi connectivity index (χ2n) is 7.67. The number of amides is 1. The van der Waals surface area contributed by atoms with E-state index >= 15 is 0 Å². The van der Waals surface area contributed by atoms with Crippen LogP contribution >= 0.6 is 0 Å². The van der Waals surface area contributed by atoms with Gasteiger partial charge in [0.05, 0.1) is 19.7 Å². The highest BCUT2D eigenvalue weighted by Gasteiger charge is 2.11. The van der Waals surface area contributed by atoms with Gasteiger partial charge in [-0.15, -0.1) is 0 Å². The van der Waals surface area contributed by atoms with Crippen molar-refractivity contribution < 1.29 is 14.3 Å². The van der Waals surface area contributed by atoms with Crippen LogP contribution in [-0.4, -0.2) is 36.6 Å². The van der Waals surface area contributed by atoms with Crippen LogP contribution in [0.25, 0.3) is 17.0 Å². The molecule has 3 aromatic rings. The Bertz CT molecular complexity index is 1080. The average Bonchev–Trinajstić information content (AvgIpc) is 2.81. The molecule has 2 aromatic carbocycles. The smallest absolute Gasteiger partial charge is 0.244 e. The number of nitrogens with one attached hydrogen (secondary N) is 2. The number of fused-ring (bicyclic) bond motifs is 1. The fourth-order valence-corrected chi connectivity index (χ4v) is 3.40. The molecule has 1 atom stereocenters. The zero-order valence-electron chi connectivity index (χ0n) is 19.0. The van der Waals surface area contributed by atoms with Crippen molar-refractivity contribution in [2.75, 3.05) is 26.1 Å². The second-order valence-corrected chi connectivity index (χ2v) is 7.67. The Morgan fingerprint density at radius 3 is 2.50 bits per heavy atom. The zero-order chi connectivity index (χ0) is 22.9. The number of carbonyl (C=O) groups excluding carboxylic acids is 1. The van der Waals surface area contributed by atoms with Gasteiger partial charge in [-0.05, 0) is 42.2 Å². The van der Waals surface area contributed by atoms with Crippen molar-refractivity contribution >= 4 is 34.4 Å². The molecule has 168 valence electrons. The lowest BCUT2D eigenvalue weighted by Gasteiger charge is -2.12. The molecule has 0 fully saturated rings. The summed E-state index contributed by atoms with van der Waals surface area (Å²) >= 11 is 0. The maximum absolute atomic E-state index is 12.0. The molecule has 1 unspecified atom stereocenters. The summed E-state index contributed by atoms with van der Waals surface area (Å²) in [5.41, 5.74) is 2.56. The van der Waals surface area contributed by atoms with Gasteiger partial charge in [0.15, 0.2) is 11.5 Å². The molecule has 1 heterocycles. The Labute approximate surface area is 188 Å². The summed E-state index contributed by atoms with van der Waals surface area (Å²) in [6.07, 6.45) is 7.12. The molecule has 32 heavy (non-hydrogen) atoms. The SMILES string of the molecule is CCCC(C)CNC(=O)/C=C/c1ccc(Nc2ncnc3cc(OC)c(OC)cc23)cc1. The molecular formula is C25H30N4O3. The highest BCUT2D eigenvalue weighted by Crippen LogP contribution is 2.34. The molecule has 0 aliphatic rings. The van der Waals surface area contributed by atoms with Crippen molar-refractivity contribution in [1.82, 2.24) is 15.3 Å². The second kappa shape index (κ2) is 11.1. The fourth-order valence-electron chi connectivity index (χ4n) is 3.40. The van der Waals surface area contributed by atoms with Crippen LogP contribution in [0.3, 0.4) is 0 Å². The van der Waals surface area contributed by atoms with Gasteiger partial charge in [0, 0.05) is 29.8 Å². The fraction of sp³-hybridized carbons (Fsp3) is 0.320. The minimum Gasteiger partial charge on any atom is -0.493 e. The number of benzene rings is 2. The Kier molecular flexibility index (Phi) is 8.02. The largest absolute Gasteiger partial charge is 0.493 e. The summed E-state index contributed by atoms with van der Waals surface area (Å²) < 4.78 is 10.8. The lowest BCUT2D eigenvalue weighted by atomic mass is 10.1. The van der Waals surface area contributed by atoms with Gasteiger partial charge in [-0.25, -0.2) is 9.97 Å². The van der Waals surface area contributed by atoms with Gasteiger partial charge in [-0.2, -0.15) is 0 Å². The first-order valence-electron chi connectivity index (χ1n) is 10.7. The number of aromatic nitrogens is 2. The van der Waals surface area contributed by atoms with E-state index in [1.165, 1.54) is 6.33 Å². The topological polar surface area (TPSA) is 85.4 Å². The van der Waals surface area contributed by atoms with Crippen molar-refractivity contribution in [3.8, 4) is 11.5 Å². The molecule has 3 rings (SSSR count). The van der Waals surface area contributed by atoms with Gasteiger partial charge in [0.25, 0.3) is 0 Å². The molecule has 0 spiro atoms. The molecule has 7 heteroatoms. The van der Waals surface area contributed by atoms with Gasteiger partial charge < -0.3 is 20.1 Å². The van der Waals surface area contributed by atoms with E-state index in [0.29, 0.717) is 29.8 Å². The third kappa shape index (κ3) is 5.97. The van der Waals surface area contributed by atoms with Crippen LogP contribution in [0, 0.1) is 5.92 Å². The molecule has 7 nitrogen and oxygen atoms in total. The number of hydrogen-bond donors (Lipinski definition) is 2. The van der Waals surface area contributed by atoms with Crippen LogP contribution in [0.2, 0.25) is 0 Å². The van der Waals surface area contributed by atoms with Crippen molar-refractivity contribution in [2.24, 2.45) is 5.92 Å². The number of rotatable bonds is 10. The van der Waals surface area contributed by atoms with E-state index in [1.54, 1.807) is 26.4 Å². The third-order valence-corrected chi connectivity index (χ3v) is 5.15. The lowest BCUT2D eigenvalue weighted by Crippen LogP contribution is -2.26. The first-order chi connectivity index (χ1) is 15.5. The number of anilines is 2. The van der Waals surface area contributed by atoms with E-state index in [4.69, 9.17) is 9.47 Å². The molecule has 0 radical (unpaired) electrons. The maximum Gasteiger partial charge on any atom is 0.244 e. The Morgan fingerprint density at radius 1 is 1.09 bits per heavy atom. The first-order valence-corrected chi connectivity index (χ1v) is 10.7. The highest BCUT2D eigenvalue weighted by molar-refractivity contribution is 5.93. The van der Waals surface area contributed by atoms with E-state index < -0.39 is 0 Å². The normalized spacial score (nSPS) is 12.0. The molecular weight excluding hydrogens is 404 g/mol. The van der Waals surface area contributed by atoms with Crippen molar-refractivity contribution in [3.63, 3.8) is 0 Å². The van der Waals surface area contributed by atoms with E-state index in [9.17, 15) is 4.79 Å². The summed E-state index contributed by atoms with van der Waals surface area (Å²) in [6.45, 7) is 4.99. The predicted molar refractivity (Wildman–Crippen MR) is 128 cm³/mol. The molecule has 0 aliphatic heterocycles. The minimum atomic E-state index is -0.0769. The summed E-state index contributed by atoms with van der Waals surface area (Å²) in [7, 11) is 3.19. The summed E-state index contributed by atoms with van der Waals surface area (Å²) in [6, 6.07) is 11.4. The number of ether oxygens (including phenoxy) is 2. The van der Waals surface area contributed by atoms with Crippen molar-refractivity contribution in [2.45, 2.75) is 26.7 Å². The van der Waals surface area contributed by atoms with Crippen LogP contribution in [0.1, 0.15) is 32.3 Å². The minimum absolute atomic E-state index is 0.0769. The molecule has 2 N–H and O–H groups in total. The number of nitrogens with zero attached hydrogens (tertiary/aromatic N) is 2. The Morgan fingerprint density at radius 2 is 1.81 bits per heavy atom. The van der Waals surface area contributed by atoms with Crippen molar-refractivity contribution in [3.05, 3.63) is 54.4 Å². The lowest BCUT2D eigenvalue weighted by molar-refractivity contribution is -0.116. The Hall–Kier alpha value is -3.61. The van der Waals surface area contributed by atoms with Gasteiger partial charge in [-0.1, -0.05) is 32.4 Å². The maximum atomic E-state index is 12.0. The number of carbonyl (C=O) groups is 1. The predicted octanol–water partition coefficient (Wildman–Crippen LogP) is 4.96. The van der Waals surface area contributed by atoms with E-state index in [1.807, 2.05) is 36.4 Å². The van der Waals surface area contributed by atoms with E-state index in [0.717, 1.165) is 35.0 Å². The molecule has 1 aromatic heterocycles. The van der Waals surface area contributed by atoms with E-state index in [-0.39, 0.29) is 5.91 Å². The van der Waals surface area contributed by atoms with Crippen LogP contribution in [0.5, 0.6) is 11.5 Å². The number of methoxy groups -OCH3 is 2. The Balaban J connectivity index is 1.68. The molecule has 0 saturated carbocycles. The van der Waals surface area contributed by atoms with Crippen LogP contribution in [0.4, 0.5) is 11.5 Å². The highest BCUT2D eigenvalue weighted by atomic mass is 16.5. The number of hydrogen-bond acceptors (Lipinski definition) is 6.